The Labute approximate surface area is 588 Å². The molecule has 0 radical (unpaired) electrons. The van der Waals surface area contributed by atoms with E-state index in [2.05, 4.69) is 160 Å². The van der Waals surface area contributed by atoms with Crippen LogP contribution in [0.5, 0.6) is 0 Å². The molecule has 0 rings (SSSR count). The van der Waals surface area contributed by atoms with Crippen LogP contribution in [0.1, 0.15) is 268 Å². The van der Waals surface area contributed by atoms with Gasteiger partial charge in [-0.15, -0.1) is 0 Å². The molecule has 2 amide bonds. The number of aliphatic carboxylic acids is 1. The van der Waals surface area contributed by atoms with Gasteiger partial charge in [-0.25, -0.2) is 9.59 Å². The SMILES string of the molecule is CCCCC[C@H](C)/C=C/C=C\CCC(=O)O.CCCCC[C@H](C)/C=C/C=C\CCI.CCCCC[C@H](C)/C=C/C=C\CCNC(=O)OCCCCC(=O)OC.CCCCC[C@H](C)/C=C/C=C\CCO.CCCCC[C@H](O)/C=C/C=C\CCNC(=O)OCCCCC(=O)OC. The maximum Gasteiger partial charge on any atom is 0.407 e. The number of amides is 2. The van der Waals surface area contributed by atoms with Crippen LogP contribution < -0.4 is 10.6 Å². The van der Waals surface area contributed by atoms with E-state index in [0.717, 1.165) is 44.4 Å². The maximum absolute atomic E-state index is 11.4. The summed E-state index contributed by atoms with van der Waals surface area (Å²) < 4.78 is 20.3. The number of hydrogen-bond acceptors (Lipinski definition) is 11. The van der Waals surface area contributed by atoms with E-state index in [-0.39, 0.29) is 37.7 Å². The minimum atomic E-state index is -0.735. The molecule has 0 bridgehead atoms. The van der Waals surface area contributed by atoms with E-state index in [4.69, 9.17) is 19.7 Å². The molecule has 0 aromatic carbocycles. The van der Waals surface area contributed by atoms with Gasteiger partial charge in [0.2, 0.25) is 0 Å². The number of allylic oxidation sites excluding steroid dienone is 16. The third-order valence-electron chi connectivity index (χ3n) is 14.2. The first-order valence-electron chi connectivity index (χ1n) is 36.2. The molecule has 0 spiro atoms. The minimum Gasteiger partial charge on any atom is -0.481 e. The summed E-state index contributed by atoms with van der Waals surface area (Å²) in [5.41, 5.74) is 0. The number of ether oxygens (including phenoxy) is 4. The quantitative estimate of drug-likeness (QED) is 0.00963. The lowest BCUT2D eigenvalue weighted by atomic mass is 10.0. The number of methoxy groups -OCH3 is 2. The van der Waals surface area contributed by atoms with E-state index in [1.165, 1.54) is 128 Å². The number of esters is 2. The van der Waals surface area contributed by atoms with E-state index in [1.54, 1.807) is 6.08 Å². The topological polar surface area (TPSA) is 207 Å². The normalized spacial score (nSPS) is 13.2. The van der Waals surface area contributed by atoms with Crippen LogP contribution in [-0.4, -0.2) is 103 Å². The molecule has 5 N–H and O–H groups in total. The molecule has 0 aliphatic carbocycles. The molecule has 94 heavy (non-hydrogen) atoms. The minimum absolute atomic E-state index is 0.219. The van der Waals surface area contributed by atoms with E-state index in [1.807, 2.05) is 60.8 Å². The van der Waals surface area contributed by atoms with Crippen LogP contribution in [0.25, 0.3) is 0 Å². The number of halogens is 1. The molecule has 0 aromatic rings. The van der Waals surface area contributed by atoms with Gasteiger partial charge in [-0.1, -0.05) is 303 Å². The molecule has 544 valence electrons. The van der Waals surface area contributed by atoms with Gasteiger partial charge in [-0.3, -0.25) is 14.4 Å². The van der Waals surface area contributed by atoms with Crippen molar-refractivity contribution < 1.29 is 58.2 Å². The number of carboxylic acid groups (broad SMARTS) is 1. The molecule has 0 heterocycles. The second-order valence-corrected chi connectivity index (χ2v) is 24.8. The Bertz CT molecular complexity index is 1880. The highest BCUT2D eigenvalue weighted by atomic mass is 127. The molecule has 15 heteroatoms. The van der Waals surface area contributed by atoms with Gasteiger partial charge in [0.25, 0.3) is 0 Å². The summed E-state index contributed by atoms with van der Waals surface area (Å²) in [5, 5.41) is 32.0. The average Bonchev–Trinajstić information content (AvgIpc) is 3.67. The zero-order valence-electron chi connectivity index (χ0n) is 61.2. The predicted octanol–water partition coefficient (Wildman–Crippen LogP) is 21.3. The number of unbranched alkanes of at least 4 members (excludes halogenated alkanes) is 12. The average molecular weight is 1440 g/mol. The first kappa shape index (κ1) is 97.7. The van der Waals surface area contributed by atoms with Crippen molar-refractivity contribution in [3.8, 4) is 0 Å². The van der Waals surface area contributed by atoms with Crippen molar-refractivity contribution in [3.63, 3.8) is 0 Å². The first-order chi connectivity index (χ1) is 45.5. The van der Waals surface area contributed by atoms with Crippen LogP contribution in [0.15, 0.2) is 122 Å². The number of carbonyl (C=O) groups is 5. The number of aliphatic hydroxyl groups excluding tert-OH is 2. The summed E-state index contributed by atoms with van der Waals surface area (Å²) in [6.07, 6.45) is 72.4. The summed E-state index contributed by atoms with van der Waals surface area (Å²) in [6, 6.07) is 0. The summed E-state index contributed by atoms with van der Waals surface area (Å²) in [6.45, 7) is 22.0. The Morgan fingerprint density at radius 1 is 0.404 bits per heavy atom. The molecular weight excluding hydrogens is 1300 g/mol. The smallest absolute Gasteiger partial charge is 0.407 e. The lowest BCUT2D eigenvalue weighted by molar-refractivity contribution is -0.141. The van der Waals surface area contributed by atoms with Gasteiger partial charge < -0.3 is 44.9 Å². The number of carboxylic acids is 1. The Morgan fingerprint density at radius 3 is 1.04 bits per heavy atom. The van der Waals surface area contributed by atoms with Gasteiger partial charge in [0, 0.05) is 43.4 Å². The van der Waals surface area contributed by atoms with Crippen molar-refractivity contribution in [2.75, 3.05) is 51.6 Å². The van der Waals surface area contributed by atoms with Gasteiger partial charge in [0.1, 0.15) is 0 Å². The third-order valence-corrected chi connectivity index (χ3v) is 14.8. The number of alkyl halides is 1. The number of carbonyl (C=O) groups excluding carboxylic acids is 4. The number of aliphatic hydroxyl groups is 2. The zero-order chi connectivity index (χ0) is 71.0. The lowest BCUT2D eigenvalue weighted by Crippen LogP contribution is -2.25. The lowest BCUT2D eigenvalue weighted by Gasteiger charge is -2.05. The van der Waals surface area contributed by atoms with Crippen LogP contribution in [-0.2, 0) is 33.3 Å². The molecule has 0 fully saturated rings. The van der Waals surface area contributed by atoms with E-state index in [9.17, 15) is 29.1 Å². The van der Waals surface area contributed by atoms with Crippen LogP contribution >= 0.6 is 22.6 Å². The Hall–Kier alpha value is -5.00. The standard InChI is InChI=1S/C20H35NO4.C19H33NO5.C14H24O2.C13H23I.C13H24O/c1-4-5-8-13-18(2)14-9-6-7-11-16-21-20(23)25-17-12-10-15-19(22)24-3;1-3-4-7-12-17(21)13-8-5-6-10-15-20-19(23)25-16-11-9-14-18(22)24-2;1-3-4-7-10-13(2)11-8-5-6-9-12-14(15)16;2*1-3-4-7-10-13(2)11-8-5-6-9-12-14/h6-7,9,14,18H,4-5,8,10-13,15-17H2,1-3H3,(H,21,23);5-6,8,13,17,21H,3-4,7,9-12,14-16H2,1-2H3,(H,20,23);5-6,8,11,13H,3-4,7,9-10,12H2,1-2H3,(H,15,16);5-6,8,11,13H,3-4,7,9-10,12H2,1-2H3;5-6,8,11,13-14H,3-4,7,9-10,12H2,1-2H3/b7-6-,14-9+;6-5-,13-8+;3*6-5-,11-8+/t18-;17-;3*13-/m00000/s1. The van der Waals surface area contributed by atoms with Gasteiger partial charge in [-0.05, 0) is 114 Å². The maximum atomic E-state index is 11.4. The molecule has 14 nitrogen and oxygen atoms in total. The highest BCUT2D eigenvalue weighted by Crippen LogP contribution is 2.14. The summed E-state index contributed by atoms with van der Waals surface area (Å²) in [7, 11) is 2.72. The molecule has 0 unspecified atom stereocenters. The Kier molecular flexibility index (Phi) is 87.4. The number of nitrogens with one attached hydrogen (secondary N) is 2. The second kappa shape index (κ2) is 84.1. The van der Waals surface area contributed by atoms with Crippen LogP contribution in [0.3, 0.4) is 0 Å². The summed E-state index contributed by atoms with van der Waals surface area (Å²) >= 11 is 2.40. The Morgan fingerprint density at radius 2 is 0.723 bits per heavy atom. The molecule has 0 aromatic heterocycles. The van der Waals surface area contributed by atoms with Gasteiger partial charge in [0.05, 0.1) is 33.5 Å². The van der Waals surface area contributed by atoms with Gasteiger partial charge >= 0.3 is 30.1 Å². The molecule has 0 saturated heterocycles. The highest BCUT2D eigenvalue weighted by Gasteiger charge is 2.05. The Balaban J connectivity index is -0.000000360. The van der Waals surface area contributed by atoms with Crippen LogP contribution in [0, 0.1) is 23.7 Å². The summed E-state index contributed by atoms with van der Waals surface area (Å²) in [4.78, 5) is 54.9. The van der Waals surface area contributed by atoms with Gasteiger partial charge in [-0.2, -0.15) is 0 Å². The highest BCUT2D eigenvalue weighted by molar-refractivity contribution is 14.1. The monoisotopic (exact) mass is 1430 g/mol. The number of rotatable bonds is 53. The van der Waals surface area contributed by atoms with Crippen molar-refractivity contribution in [3.05, 3.63) is 122 Å². The first-order valence-corrected chi connectivity index (χ1v) is 37.7. The van der Waals surface area contributed by atoms with Crippen LogP contribution in [0.4, 0.5) is 9.59 Å². The summed E-state index contributed by atoms with van der Waals surface area (Å²) in [5.74, 6) is 1.44. The third kappa shape index (κ3) is 93.4. The van der Waals surface area contributed by atoms with Crippen molar-refractivity contribution >= 4 is 52.7 Å². The van der Waals surface area contributed by atoms with E-state index < -0.39 is 18.2 Å². The fourth-order valence-electron chi connectivity index (χ4n) is 8.27. The molecule has 5 atom stereocenters. The molecular formula is C79H139IN2O12. The number of alkyl carbamates (subject to hydrolysis) is 2. The van der Waals surface area contributed by atoms with Crippen molar-refractivity contribution in [2.45, 2.75) is 274 Å². The van der Waals surface area contributed by atoms with Crippen molar-refractivity contribution in [1.29, 1.82) is 0 Å². The fraction of sp³-hybridized carbons (Fsp3) is 0.684. The van der Waals surface area contributed by atoms with Crippen molar-refractivity contribution in [1.82, 2.24) is 10.6 Å². The fourth-order valence-corrected chi connectivity index (χ4v) is 8.63. The van der Waals surface area contributed by atoms with Gasteiger partial charge in [0.15, 0.2) is 0 Å². The number of hydrogen-bond donors (Lipinski definition) is 5. The van der Waals surface area contributed by atoms with Crippen LogP contribution in [0.2, 0.25) is 0 Å². The largest absolute Gasteiger partial charge is 0.481 e. The molecule has 0 aliphatic rings. The van der Waals surface area contributed by atoms with Crippen molar-refractivity contribution in [2.24, 2.45) is 23.7 Å². The zero-order valence-corrected chi connectivity index (χ0v) is 63.4. The second-order valence-electron chi connectivity index (χ2n) is 23.7. The molecule has 0 aliphatic heterocycles. The van der Waals surface area contributed by atoms with E-state index >= 15 is 0 Å². The predicted molar refractivity (Wildman–Crippen MR) is 407 cm³/mol. The molecule has 0 saturated carbocycles. The van der Waals surface area contributed by atoms with E-state index in [0.29, 0.717) is 88.8 Å².